The normalized spacial score (nSPS) is 15.1. The summed E-state index contributed by atoms with van der Waals surface area (Å²) >= 11 is 0. The third kappa shape index (κ3) is 5.92. The van der Waals surface area contributed by atoms with Crippen molar-refractivity contribution in [3.63, 3.8) is 0 Å². The number of alkyl halides is 3. The van der Waals surface area contributed by atoms with Gasteiger partial charge in [0.1, 0.15) is 0 Å². The van der Waals surface area contributed by atoms with Crippen molar-refractivity contribution in [2.75, 3.05) is 6.61 Å². The SMILES string of the molecule is CCOC(=O)C(=O)N(Cc1ccc([N+](=O)[O-])cc1)C(c1ccc(C(F)(F)F)cc1)C1CCCC1. The summed E-state index contributed by atoms with van der Waals surface area (Å²) in [6.45, 7) is 1.50. The Morgan fingerprint density at radius 2 is 1.68 bits per heavy atom. The molecule has 0 saturated heterocycles. The van der Waals surface area contributed by atoms with E-state index in [0.717, 1.165) is 37.8 Å². The number of esters is 1. The Bertz CT molecular complexity index is 1020. The molecule has 1 atom stereocenters. The first kappa shape index (κ1) is 25.2. The molecule has 1 saturated carbocycles. The van der Waals surface area contributed by atoms with E-state index in [4.69, 9.17) is 4.74 Å². The van der Waals surface area contributed by atoms with Crippen molar-refractivity contribution >= 4 is 17.6 Å². The molecule has 1 aliphatic carbocycles. The molecule has 0 N–H and O–H groups in total. The fraction of sp³-hybridized carbons (Fsp3) is 0.417. The minimum atomic E-state index is -4.50. The summed E-state index contributed by atoms with van der Waals surface area (Å²) in [6, 6.07) is 9.53. The number of carbonyl (C=O) groups excluding carboxylic acids is 2. The van der Waals surface area contributed by atoms with Gasteiger partial charge in [0.25, 0.3) is 5.69 Å². The van der Waals surface area contributed by atoms with Gasteiger partial charge in [-0.3, -0.25) is 14.9 Å². The van der Waals surface area contributed by atoms with Gasteiger partial charge in [-0.2, -0.15) is 13.2 Å². The van der Waals surface area contributed by atoms with Crippen LogP contribution >= 0.6 is 0 Å². The number of nitro groups is 1. The van der Waals surface area contributed by atoms with Gasteiger partial charge in [0, 0.05) is 18.7 Å². The van der Waals surface area contributed by atoms with Crippen LogP contribution in [0.4, 0.5) is 18.9 Å². The van der Waals surface area contributed by atoms with E-state index < -0.39 is 34.6 Å². The molecule has 1 unspecified atom stereocenters. The minimum Gasteiger partial charge on any atom is -0.459 e. The van der Waals surface area contributed by atoms with E-state index in [1.807, 2.05) is 0 Å². The highest BCUT2D eigenvalue weighted by Crippen LogP contribution is 2.41. The van der Waals surface area contributed by atoms with Gasteiger partial charge >= 0.3 is 18.1 Å². The van der Waals surface area contributed by atoms with Crippen LogP contribution in [0, 0.1) is 16.0 Å². The molecule has 0 heterocycles. The maximum Gasteiger partial charge on any atom is 0.416 e. The molecule has 3 rings (SSSR count). The second-order valence-electron chi connectivity index (χ2n) is 8.19. The predicted octanol–water partition coefficient (Wildman–Crippen LogP) is 5.44. The Morgan fingerprint density at radius 3 is 2.18 bits per heavy atom. The molecule has 0 aromatic heterocycles. The zero-order chi connectivity index (χ0) is 24.9. The first-order valence-corrected chi connectivity index (χ1v) is 11.0. The molecule has 0 radical (unpaired) electrons. The highest BCUT2D eigenvalue weighted by molar-refractivity contribution is 6.32. The van der Waals surface area contributed by atoms with Gasteiger partial charge in [-0.15, -0.1) is 0 Å². The second kappa shape index (κ2) is 10.7. The first-order valence-electron chi connectivity index (χ1n) is 11.0. The lowest BCUT2D eigenvalue weighted by molar-refractivity contribution is -0.384. The third-order valence-corrected chi connectivity index (χ3v) is 5.97. The Balaban J connectivity index is 2.02. The molecule has 0 bridgehead atoms. The molecule has 1 aliphatic rings. The average Bonchev–Trinajstić information content (AvgIpc) is 3.33. The van der Waals surface area contributed by atoms with Gasteiger partial charge in [0.2, 0.25) is 0 Å². The Morgan fingerprint density at radius 1 is 1.09 bits per heavy atom. The van der Waals surface area contributed by atoms with E-state index in [-0.39, 0.29) is 24.8 Å². The van der Waals surface area contributed by atoms with Crippen LogP contribution in [-0.4, -0.2) is 28.3 Å². The van der Waals surface area contributed by atoms with Gasteiger partial charge in [0.05, 0.1) is 23.1 Å². The zero-order valence-corrected chi connectivity index (χ0v) is 18.6. The number of halogens is 3. The zero-order valence-electron chi connectivity index (χ0n) is 18.6. The number of hydrogen-bond acceptors (Lipinski definition) is 5. The molecule has 34 heavy (non-hydrogen) atoms. The minimum absolute atomic E-state index is 0.00960. The quantitative estimate of drug-likeness (QED) is 0.229. The fourth-order valence-electron chi connectivity index (χ4n) is 4.38. The number of carbonyl (C=O) groups is 2. The van der Waals surface area contributed by atoms with E-state index >= 15 is 0 Å². The summed E-state index contributed by atoms with van der Waals surface area (Å²) in [5.74, 6) is -2.02. The maximum absolute atomic E-state index is 13.2. The van der Waals surface area contributed by atoms with Gasteiger partial charge in [-0.05, 0) is 48.9 Å². The largest absolute Gasteiger partial charge is 0.459 e. The van der Waals surface area contributed by atoms with Crippen molar-refractivity contribution in [3.8, 4) is 0 Å². The number of amides is 1. The molecule has 1 fully saturated rings. The van der Waals surface area contributed by atoms with E-state index in [9.17, 15) is 32.9 Å². The van der Waals surface area contributed by atoms with Crippen LogP contribution < -0.4 is 0 Å². The van der Waals surface area contributed by atoms with Crippen molar-refractivity contribution in [2.45, 2.75) is 51.4 Å². The van der Waals surface area contributed by atoms with Gasteiger partial charge in [0.15, 0.2) is 0 Å². The Hall–Kier alpha value is -3.43. The average molecular weight is 478 g/mol. The van der Waals surface area contributed by atoms with Crippen LogP contribution in [0.5, 0.6) is 0 Å². The number of nitro benzene ring substituents is 1. The van der Waals surface area contributed by atoms with Gasteiger partial charge in [-0.1, -0.05) is 37.1 Å². The number of rotatable bonds is 7. The van der Waals surface area contributed by atoms with E-state index in [1.165, 1.54) is 41.3 Å². The monoisotopic (exact) mass is 478 g/mol. The summed E-state index contributed by atoms with van der Waals surface area (Å²) < 4.78 is 44.2. The van der Waals surface area contributed by atoms with Crippen LogP contribution in [0.2, 0.25) is 0 Å². The fourth-order valence-corrected chi connectivity index (χ4v) is 4.38. The van der Waals surface area contributed by atoms with Crippen LogP contribution in [-0.2, 0) is 27.0 Å². The molecular weight excluding hydrogens is 453 g/mol. The highest BCUT2D eigenvalue weighted by atomic mass is 19.4. The maximum atomic E-state index is 13.2. The summed E-state index contributed by atoms with van der Waals surface area (Å²) in [5.41, 5.74) is 0.0970. The summed E-state index contributed by atoms with van der Waals surface area (Å²) in [4.78, 5) is 37.3. The number of hydrogen-bond donors (Lipinski definition) is 0. The van der Waals surface area contributed by atoms with Crippen molar-refractivity contribution in [3.05, 3.63) is 75.3 Å². The molecule has 1 amide bonds. The third-order valence-electron chi connectivity index (χ3n) is 5.97. The number of non-ortho nitro benzene ring substituents is 1. The molecule has 7 nitrogen and oxygen atoms in total. The van der Waals surface area contributed by atoms with Crippen LogP contribution in [0.15, 0.2) is 48.5 Å². The van der Waals surface area contributed by atoms with Gasteiger partial charge in [-0.25, -0.2) is 4.79 Å². The smallest absolute Gasteiger partial charge is 0.416 e. The number of nitrogens with zero attached hydrogens (tertiary/aromatic N) is 2. The standard InChI is InChI=1S/C24H25F3N2O5/c1-2-34-23(31)22(30)28(15-16-7-13-20(14-8-16)29(32)33)21(17-5-3-4-6-17)18-9-11-19(12-10-18)24(25,26)27/h7-14,17,21H,2-6,15H2,1H3. The molecular formula is C24H25F3N2O5. The first-order chi connectivity index (χ1) is 16.1. The second-order valence-corrected chi connectivity index (χ2v) is 8.19. The van der Waals surface area contributed by atoms with Gasteiger partial charge < -0.3 is 9.64 Å². The van der Waals surface area contributed by atoms with Crippen LogP contribution in [0.1, 0.15) is 55.3 Å². The predicted molar refractivity (Wildman–Crippen MR) is 116 cm³/mol. The topological polar surface area (TPSA) is 89.8 Å². The molecule has 2 aromatic carbocycles. The molecule has 2 aromatic rings. The number of benzene rings is 2. The number of ether oxygens (including phenoxy) is 1. The highest BCUT2D eigenvalue weighted by Gasteiger charge is 2.38. The Kier molecular flexibility index (Phi) is 7.90. The van der Waals surface area contributed by atoms with E-state index in [1.54, 1.807) is 6.92 Å². The van der Waals surface area contributed by atoms with E-state index in [2.05, 4.69) is 0 Å². The lowest BCUT2D eigenvalue weighted by Gasteiger charge is -2.36. The summed E-state index contributed by atoms with van der Waals surface area (Å²) in [7, 11) is 0. The summed E-state index contributed by atoms with van der Waals surface area (Å²) in [6.07, 6.45) is -1.20. The molecule has 0 aliphatic heterocycles. The van der Waals surface area contributed by atoms with Crippen molar-refractivity contribution < 1.29 is 32.4 Å². The Labute approximate surface area is 194 Å². The van der Waals surface area contributed by atoms with Crippen LogP contribution in [0.3, 0.4) is 0 Å². The lowest BCUT2D eigenvalue weighted by Crippen LogP contribution is -2.42. The van der Waals surface area contributed by atoms with Crippen molar-refractivity contribution in [1.82, 2.24) is 4.90 Å². The van der Waals surface area contributed by atoms with Crippen molar-refractivity contribution in [1.29, 1.82) is 0 Å². The molecule has 10 heteroatoms. The van der Waals surface area contributed by atoms with Crippen molar-refractivity contribution in [2.24, 2.45) is 5.92 Å². The molecule has 0 spiro atoms. The molecule has 182 valence electrons. The van der Waals surface area contributed by atoms with Crippen LogP contribution in [0.25, 0.3) is 0 Å². The summed E-state index contributed by atoms with van der Waals surface area (Å²) in [5, 5.41) is 11.0. The van der Waals surface area contributed by atoms with E-state index in [0.29, 0.717) is 11.1 Å². The lowest BCUT2D eigenvalue weighted by atomic mass is 9.89.